The SMILES string of the molecule is Cc1ccc2oc(=O)c(CC(CCCc3cccc(OCCN4CCOCC4)c3)C(=O)NO)cc2c1. The Morgan fingerprint density at radius 3 is 2.81 bits per heavy atom. The van der Waals surface area contributed by atoms with Crippen molar-refractivity contribution in [3.8, 4) is 5.75 Å². The van der Waals surface area contributed by atoms with Crippen LogP contribution >= 0.6 is 0 Å². The monoisotopic (exact) mass is 494 g/mol. The number of carbonyl (C=O) groups excluding carboxylic acids is 1. The number of hydrogen-bond donors (Lipinski definition) is 2. The summed E-state index contributed by atoms with van der Waals surface area (Å²) in [4.78, 5) is 27.2. The summed E-state index contributed by atoms with van der Waals surface area (Å²) in [5.41, 5.74) is 4.42. The van der Waals surface area contributed by atoms with Crippen LogP contribution in [0.25, 0.3) is 11.0 Å². The molecule has 8 nitrogen and oxygen atoms in total. The summed E-state index contributed by atoms with van der Waals surface area (Å²) in [6, 6.07) is 15.4. The van der Waals surface area contributed by atoms with Gasteiger partial charge in [0.25, 0.3) is 0 Å². The quantitative estimate of drug-likeness (QED) is 0.239. The Labute approximate surface area is 210 Å². The Kier molecular flexibility index (Phi) is 9.11. The maximum atomic E-state index is 12.5. The van der Waals surface area contributed by atoms with Gasteiger partial charge < -0.3 is 13.9 Å². The molecule has 0 saturated carbocycles. The van der Waals surface area contributed by atoms with E-state index in [1.165, 1.54) is 0 Å². The smallest absolute Gasteiger partial charge is 0.339 e. The van der Waals surface area contributed by atoms with Crippen LogP contribution in [0.5, 0.6) is 5.75 Å². The van der Waals surface area contributed by atoms with E-state index in [1.807, 2.05) is 43.3 Å². The highest BCUT2D eigenvalue weighted by Crippen LogP contribution is 2.21. The van der Waals surface area contributed by atoms with Crippen molar-refractivity contribution < 1.29 is 23.9 Å². The lowest BCUT2D eigenvalue weighted by molar-refractivity contribution is -0.133. The fourth-order valence-corrected chi connectivity index (χ4v) is 4.57. The third-order valence-corrected chi connectivity index (χ3v) is 6.60. The molecule has 2 aromatic carbocycles. The molecule has 1 fully saturated rings. The van der Waals surface area contributed by atoms with Crippen molar-refractivity contribution in [2.75, 3.05) is 39.5 Å². The van der Waals surface area contributed by atoms with Crippen molar-refractivity contribution in [3.05, 3.63) is 75.6 Å². The Bertz CT molecular complexity index is 1220. The average molecular weight is 495 g/mol. The minimum absolute atomic E-state index is 0.198. The van der Waals surface area contributed by atoms with Crippen LogP contribution < -0.4 is 15.8 Å². The minimum Gasteiger partial charge on any atom is -0.492 e. The standard InChI is InChI=1S/C28H34N2O6/c1-20-8-9-26-23(16-20)19-24(28(32)36-26)18-22(27(31)29-33)6-2-4-21-5-3-7-25(17-21)35-15-12-30-10-13-34-14-11-30/h3,5,7-9,16-17,19,22,33H,2,4,6,10-15,18H2,1H3,(H,29,31). The van der Waals surface area contributed by atoms with Gasteiger partial charge in [-0.1, -0.05) is 23.8 Å². The van der Waals surface area contributed by atoms with E-state index in [4.69, 9.17) is 13.9 Å². The number of nitrogens with one attached hydrogen (secondary N) is 1. The van der Waals surface area contributed by atoms with Gasteiger partial charge in [-0.3, -0.25) is 14.9 Å². The first-order valence-corrected chi connectivity index (χ1v) is 12.5. The molecule has 0 aliphatic carbocycles. The molecular weight excluding hydrogens is 460 g/mol. The Morgan fingerprint density at radius 1 is 1.17 bits per heavy atom. The lowest BCUT2D eigenvalue weighted by Crippen LogP contribution is -2.38. The van der Waals surface area contributed by atoms with E-state index in [0.29, 0.717) is 30.6 Å². The average Bonchev–Trinajstić information content (AvgIpc) is 2.89. The first-order valence-electron chi connectivity index (χ1n) is 12.5. The summed E-state index contributed by atoms with van der Waals surface area (Å²) < 4.78 is 16.8. The van der Waals surface area contributed by atoms with Gasteiger partial charge in [-0.25, -0.2) is 10.3 Å². The molecular formula is C28H34N2O6. The number of aryl methyl sites for hydroxylation is 2. The molecule has 1 aromatic heterocycles. The van der Waals surface area contributed by atoms with Crippen LogP contribution in [-0.2, 0) is 22.4 Å². The van der Waals surface area contributed by atoms with E-state index < -0.39 is 17.5 Å². The van der Waals surface area contributed by atoms with Crippen molar-refractivity contribution in [3.63, 3.8) is 0 Å². The van der Waals surface area contributed by atoms with E-state index in [9.17, 15) is 14.8 Å². The van der Waals surface area contributed by atoms with Gasteiger partial charge >= 0.3 is 5.63 Å². The second-order valence-electron chi connectivity index (χ2n) is 9.32. The van der Waals surface area contributed by atoms with Crippen LogP contribution in [0.15, 0.2) is 57.7 Å². The number of ether oxygens (including phenoxy) is 2. The lowest BCUT2D eigenvalue weighted by Gasteiger charge is -2.26. The topological polar surface area (TPSA) is 101 Å². The molecule has 1 aliphatic heterocycles. The number of nitrogens with zero attached hydrogens (tertiary/aromatic N) is 1. The number of morpholine rings is 1. The molecule has 1 saturated heterocycles. The van der Waals surface area contributed by atoms with Gasteiger partial charge in [0.2, 0.25) is 5.91 Å². The molecule has 2 heterocycles. The van der Waals surface area contributed by atoms with Gasteiger partial charge in [0, 0.05) is 36.5 Å². The zero-order valence-electron chi connectivity index (χ0n) is 20.7. The Hall–Kier alpha value is -3.20. The third-order valence-electron chi connectivity index (χ3n) is 6.60. The van der Waals surface area contributed by atoms with E-state index in [-0.39, 0.29) is 6.42 Å². The summed E-state index contributed by atoms with van der Waals surface area (Å²) in [6.07, 6.45) is 2.18. The number of fused-ring (bicyclic) bond motifs is 1. The molecule has 1 amide bonds. The lowest BCUT2D eigenvalue weighted by atomic mass is 9.92. The second-order valence-corrected chi connectivity index (χ2v) is 9.32. The van der Waals surface area contributed by atoms with Gasteiger partial charge in [0.1, 0.15) is 17.9 Å². The molecule has 1 atom stereocenters. The summed E-state index contributed by atoms with van der Waals surface area (Å²) in [5, 5.41) is 10.1. The highest BCUT2D eigenvalue weighted by molar-refractivity contribution is 5.79. The minimum atomic E-state index is -0.548. The maximum Gasteiger partial charge on any atom is 0.339 e. The summed E-state index contributed by atoms with van der Waals surface area (Å²) >= 11 is 0. The van der Waals surface area contributed by atoms with Crippen molar-refractivity contribution in [2.24, 2.45) is 5.92 Å². The van der Waals surface area contributed by atoms with E-state index in [2.05, 4.69) is 4.90 Å². The fourth-order valence-electron chi connectivity index (χ4n) is 4.57. The van der Waals surface area contributed by atoms with E-state index in [1.54, 1.807) is 17.6 Å². The van der Waals surface area contributed by atoms with Gasteiger partial charge in [-0.05, 0) is 68.5 Å². The molecule has 4 rings (SSSR count). The van der Waals surface area contributed by atoms with Gasteiger partial charge in [0.15, 0.2) is 0 Å². The molecule has 0 radical (unpaired) electrons. The zero-order chi connectivity index (χ0) is 25.3. The number of rotatable bonds is 11. The first kappa shape index (κ1) is 25.9. The first-order chi connectivity index (χ1) is 17.5. The van der Waals surface area contributed by atoms with Crippen LogP contribution in [0.3, 0.4) is 0 Å². The predicted molar refractivity (Wildman–Crippen MR) is 136 cm³/mol. The number of amides is 1. The Balaban J connectivity index is 1.33. The van der Waals surface area contributed by atoms with Crippen LogP contribution in [0.2, 0.25) is 0 Å². The number of hydroxylamine groups is 1. The maximum absolute atomic E-state index is 12.5. The molecule has 0 spiro atoms. The van der Waals surface area contributed by atoms with Gasteiger partial charge in [-0.15, -0.1) is 0 Å². The predicted octanol–water partition coefficient (Wildman–Crippen LogP) is 3.50. The van der Waals surface area contributed by atoms with Crippen LogP contribution in [-0.4, -0.2) is 55.5 Å². The molecule has 1 unspecified atom stereocenters. The van der Waals surface area contributed by atoms with Gasteiger partial charge in [0.05, 0.1) is 13.2 Å². The van der Waals surface area contributed by atoms with Crippen molar-refractivity contribution in [1.82, 2.24) is 10.4 Å². The molecule has 36 heavy (non-hydrogen) atoms. The van der Waals surface area contributed by atoms with E-state index in [0.717, 1.165) is 61.5 Å². The molecule has 8 heteroatoms. The van der Waals surface area contributed by atoms with Crippen molar-refractivity contribution in [2.45, 2.75) is 32.6 Å². The number of benzene rings is 2. The summed E-state index contributed by atoms with van der Waals surface area (Å²) in [6.45, 7) is 6.88. The van der Waals surface area contributed by atoms with Crippen LogP contribution in [0, 0.1) is 12.8 Å². The summed E-state index contributed by atoms with van der Waals surface area (Å²) in [5.74, 6) is -0.221. The normalized spacial score (nSPS) is 15.1. The second kappa shape index (κ2) is 12.7. The highest BCUT2D eigenvalue weighted by Gasteiger charge is 2.21. The van der Waals surface area contributed by atoms with E-state index >= 15 is 0 Å². The van der Waals surface area contributed by atoms with Crippen molar-refractivity contribution >= 4 is 16.9 Å². The molecule has 192 valence electrons. The largest absolute Gasteiger partial charge is 0.492 e. The zero-order valence-corrected chi connectivity index (χ0v) is 20.7. The van der Waals surface area contributed by atoms with Crippen LogP contribution in [0.4, 0.5) is 0 Å². The van der Waals surface area contributed by atoms with Gasteiger partial charge in [-0.2, -0.15) is 0 Å². The Morgan fingerprint density at radius 2 is 2.00 bits per heavy atom. The number of carbonyl (C=O) groups is 1. The molecule has 1 aliphatic rings. The number of hydrogen-bond acceptors (Lipinski definition) is 7. The molecule has 0 bridgehead atoms. The molecule has 3 aromatic rings. The fraction of sp³-hybridized carbons (Fsp3) is 0.429. The highest BCUT2D eigenvalue weighted by atomic mass is 16.5. The van der Waals surface area contributed by atoms with Crippen molar-refractivity contribution in [1.29, 1.82) is 0 Å². The third kappa shape index (κ3) is 7.16. The summed E-state index contributed by atoms with van der Waals surface area (Å²) in [7, 11) is 0. The van der Waals surface area contributed by atoms with Crippen LogP contribution in [0.1, 0.15) is 29.5 Å². The molecule has 2 N–H and O–H groups in total.